The van der Waals surface area contributed by atoms with Crippen molar-refractivity contribution < 1.29 is 9.53 Å². The van der Waals surface area contributed by atoms with Crippen LogP contribution in [0.2, 0.25) is 0 Å². The molecule has 2 N–H and O–H groups in total. The molecule has 2 aromatic rings. The molecule has 0 bridgehead atoms. The first-order chi connectivity index (χ1) is 12.5. The average molecular weight is 371 g/mol. The summed E-state index contributed by atoms with van der Waals surface area (Å²) < 4.78 is 5.76. The second-order valence-electron chi connectivity index (χ2n) is 6.26. The number of benzene rings is 2. The zero-order valence-corrected chi connectivity index (χ0v) is 16.4. The Morgan fingerprint density at radius 2 is 1.85 bits per heavy atom. The summed E-state index contributed by atoms with van der Waals surface area (Å²) in [5, 5.41) is 6.03. The van der Waals surface area contributed by atoms with Gasteiger partial charge in [-0.05, 0) is 67.9 Å². The molecule has 138 valence electrons. The minimum absolute atomic E-state index is 0.263. The molecule has 0 saturated carbocycles. The normalized spacial score (nSPS) is 10.3. The van der Waals surface area contributed by atoms with Crippen molar-refractivity contribution in [2.75, 3.05) is 11.9 Å². The van der Waals surface area contributed by atoms with Crippen LogP contribution in [-0.2, 0) is 0 Å². The topological polar surface area (TPSA) is 50.4 Å². The summed E-state index contributed by atoms with van der Waals surface area (Å²) in [6.45, 7) is 6.83. The molecule has 0 radical (unpaired) electrons. The lowest BCUT2D eigenvalue weighted by molar-refractivity contribution is 0.0973. The molecule has 2 rings (SSSR count). The summed E-state index contributed by atoms with van der Waals surface area (Å²) in [5.41, 5.74) is 3.70. The number of nitrogens with one attached hydrogen (secondary N) is 2. The fourth-order valence-corrected chi connectivity index (χ4v) is 2.68. The van der Waals surface area contributed by atoms with Crippen molar-refractivity contribution in [2.24, 2.45) is 0 Å². The van der Waals surface area contributed by atoms with Gasteiger partial charge in [0.2, 0.25) is 0 Å². The van der Waals surface area contributed by atoms with Crippen LogP contribution < -0.4 is 15.4 Å². The van der Waals surface area contributed by atoms with Gasteiger partial charge >= 0.3 is 0 Å². The molecular weight excluding hydrogens is 344 g/mol. The Morgan fingerprint density at radius 1 is 1.08 bits per heavy atom. The Morgan fingerprint density at radius 3 is 2.58 bits per heavy atom. The van der Waals surface area contributed by atoms with E-state index in [1.165, 1.54) is 5.56 Å². The van der Waals surface area contributed by atoms with Crippen LogP contribution in [0.5, 0.6) is 5.75 Å². The zero-order valence-electron chi connectivity index (χ0n) is 15.6. The quantitative estimate of drug-likeness (QED) is 0.532. The van der Waals surface area contributed by atoms with Crippen LogP contribution in [-0.4, -0.2) is 17.6 Å². The molecule has 2 aromatic carbocycles. The molecule has 5 heteroatoms. The first-order valence-corrected chi connectivity index (χ1v) is 9.33. The average Bonchev–Trinajstić information content (AvgIpc) is 2.62. The maximum atomic E-state index is 12.6. The van der Waals surface area contributed by atoms with E-state index in [2.05, 4.69) is 24.5 Å². The van der Waals surface area contributed by atoms with Crippen molar-refractivity contribution in [1.82, 2.24) is 5.32 Å². The highest BCUT2D eigenvalue weighted by atomic mass is 32.1. The number of amides is 1. The van der Waals surface area contributed by atoms with Crippen molar-refractivity contribution in [3.63, 3.8) is 0 Å². The predicted molar refractivity (Wildman–Crippen MR) is 111 cm³/mol. The number of aryl methyl sites for hydroxylation is 2. The summed E-state index contributed by atoms with van der Waals surface area (Å²) >= 11 is 5.27. The van der Waals surface area contributed by atoms with Gasteiger partial charge in [0, 0.05) is 5.69 Å². The molecule has 26 heavy (non-hydrogen) atoms. The van der Waals surface area contributed by atoms with E-state index in [-0.39, 0.29) is 11.0 Å². The number of carbonyl (C=O) groups is 1. The second kappa shape index (κ2) is 9.92. The minimum atomic E-state index is -0.280. The van der Waals surface area contributed by atoms with Crippen molar-refractivity contribution >= 4 is 28.9 Å². The van der Waals surface area contributed by atoms with Crippen LogP contribution in [0.25, 0.3) is 0 Å². The largest absolute Gasteiger partial charge is 0.493 e. The number of para-hydroxylation sites is 1. The van der Waals surface area contributed by atoms with Gasteiger partial charge in [0.1, 0.15) is 5.75 Å². The molecule has 0 saturated heterocycles. The molecule has 4 nitrogen and oxygen atoms in total. The Kier molecular flexibility index (Phi) is 7.60. The standard InChI is InChI=1S/C21H26N2O2S/c1-4-5-8-13-25-19-10-7-6-9-18(19)20(24)23-21(26)22-17-12-11-15(2)16(3)14-17/h6-7,9-12,14H,4-5,8,13H2,1-3H3,(H2,22,23,24,26). The third-order valence-corrected chi connectivity index (χ3v) is 4.33. The van der Waals surface area contributed by atoms with Crippen molar-refractivity contribution in [3.8, 4) is 5.75 Å². The summed E-state index contributed by atoms with van der Waals surface area (Å²) in [7, 11) is 0. The SMILES string of the molecule is CCCCCOc1ccccc1C(=O)NC(=S)Nc1ccc(C)c(C)c1. The van der Waals surface area contributed by atoms with E-state index in [0.29, 0.717) is 17.9 Å². The van der Waals surface area contributed by atoms with E-state index < -0.39 is 0 Å². The molecule has 1 amide bonds. The maximum Gasteiger partial charge on any atom is 0.261 e. The summed E-state index contributed by atoms with van der Waals surface area (Å²) in [6.07, 6.45) is 3.21. The van der Waals surface area contributed by atoms with Crippen molar-refractivity contribution in [3.05, 3.63) is 59.2 Å². The van der Waals surface area contributed by atoms with Gasteiger partial charge in [-0.2, -0.15) is 0 Å². The zero-order chi connectivity index (χ0) is 18.9. The highest BCUT2D eigenvalue weighted by Crippen LogP contribution is 2.19. The van der Waals surface area contributed by atoms with E-state index in [1.54, 1.807) is 12.1 Å². The Balaban J connectivity index is 1.98. The smallest absolute Gasteiger partial charge is 0.261 e. The van der Waals surface area contributed by atoms with E-state index in [9.17, 15) is 4.79 Å². The predicted octanol–water partition coefficient (Wildman–Crippen LogP) is 5.00. The van der Waals surface area contributed by atoms with Gasteiger partial charge in [0.25, 0.3) is 5.91 Å². The summed E-state index contributed by atoms with van der Waals surface area (Å²) in [6, 6.07) is 13.2. The van der Waals surface area contributed by atoms with Crippen molar-refractivity contribution in [1.29, 1.82) is 0 Å². The molecule has 0 aromatic heterocycles. The second-order valence-corrected chi connectivity index (χ2v) is 6.67. The fourth-order valence-electron chi connectivity index (χ4n) is 2.47. The van der Waals surface area contributed by atoms with Crippen LogP contribution in [0, 0.1) is 13.8 Å². The number of thiocarbonyl (C=S) groups is 1. The van der Waals surface area contributed by atoms with Gasteiger partial charge < -0.3 is 10.1 Å². The van der Waals surface area contributed by atoms with Gasteiger partial charge in [-0.15, -0.1) is 0 Å². The Hall–Kier alpha value is -2.40. The number of rotatable bonds is 7. The van der Waals surface area contributed by atoms with E-state index in [1.807, 2.05) is 37.3 Å². The molecule has 0 aliphatic rings. The van der Waals surface area contributed by atoms with Crippen LogP contribution >= 0.6 is 12.2 Å². The molecule has 0 fully saturated rings. The lowest BCUT2D eigenvalue weighted by atomic mass is 10.1. The van der Waals surface area contributed by atoms with Crippen LogP contribution in [0.3, 0.4) is 0 Å². The first kappa shape index (κ1) is 19.9. The third kappa shape index (κ3) is 5.85. The van der Waals surface area contributed by atoms with Gasteiger partial charge in [-0.3, -0.25) is 10.1 Å². The fraction of sp³-hybridized carbons (Fsp3) is 0.333. The van der Waals surface area contributed by atoms with E-state index in [4.69, 9.17) is 17.0 Å². The minimum Gasteiger partial charge on any atom is -0.493 e. The van der Waals surface area contributed by atoms with Gasteiger partial charge in [-0.25, -0.2) is 0 Å². The number of carbonyl (C=O) groups excluding carboxylic acids is 1. The molecule has 0 aliphatic heterocycles. The highest BCUT2D eigenvalue weighted by Gasteiger charge is 2.13. The van der Waals surface area contributed by atoms with Crippen LogP contribution in [0.1, 0.15) is 47.7 Å². The van der Waals surface area contributed by atoms with Gasteiger partial charge in [-0.1, -0.05) is 38.0 Å². The van der Waals surface area contributed by atoms with E-state index in [0.717, 1.165) is 30.5 Å². The maximum absolute atomic E-state index is 12.6. The molecule has 0 heterocycles. The lowest BCUT2D eigenvalue weighted by Gasteiger charge is -2.13. The molecular formula is C21H26N2O2S. The van der Waals surface area contributed by atoms with Crippen LogP contribution in [0.4, 0.5) is 5.69 Å². The third-order valence-electron chi connectivity index (χ3n) is 4.13. The molecule has 0 spiro atoms. The van der Waals surface area contributed by atoms with Crippen LogP contribution in [0.15, 0.2) is 42.5 Å². The molecule has 0 aliphatic carbocycles. The molecule has 0 unspecified atom stereocenters. The van der Waals surface area contributed by atoms with Gasteiger partial charge in [0.05, 0.1) is 12.2 Å². The number of unbranched alkanes of at least 4 members (excludes halogenated alkanes) is 2. The summed E-state index contributed by atoms with van der Waals surface area (Å²) in [5.74, 6) is 0.299. The van der Waals surface area contributed by atoms with Crippen molar-refractivity contribution in [2.45, 2.75) is 40.0 Å². The summed E-state index contributed by atoms with van der Waals surface area (Å²) in [4.78, 5) is 12.6. The number of hydrogen-bond donors (Lipinski definition) is 2. The van der Waals surface area contributed by atoms with Gasteiger partial charge in [0.15, 0.2) is 5.11 Å². The molecule has 0 atom stereocenters. The van der Waals surface area contributed by atoms with E-state index >= 15 is 0 Å². The lowest BCUT2D eigenvalue weighted by Crippen LogP contribution is -2.34. The highest BCUT2D eigenvalue weighted by molar-refractivity contribution is 7.80. The Labute approximate surface area is 161 Å². The Bertz CT molecular complexity index is 774. The first-order valence-electron chi connectivity index (χ1n) is 8.92. The number of anilines is 1. The monoisotopic (exact) mass is 370 g/mol. The number of ether oxygens (including phenoxy) is 1. The number of hydrogen-bond acceptors (Lipinski definition) is 3.